The predicted molar refractivity (Wildman–Crippen MR) is 79.0 cm³/mol. The molecule has 0 amide bonds. The molecule has 108 valence electrons. The zero-order valence-corrected chi connectivity index (χ0v) is 12.6. The summed E-state index contributed by atoms with van der Waals surface area (Å²) >= 11 is 0. The number of carbonyl (C=O) groups is 1. The Balaban J connectivity index is 1.39. The molecule has 4 rings (SSSR count). The normalized spacial score (nSPS) is 39.7. The zero-order valence-electron chi connectivity index (χ0n) is 12.6. The molecule has 0 aromatic rings. The van der Waals surface area contributed by atoms with E-state index in [-0.39, 0.29) is 0 Å². The summed E-state index contributed by atoms with van der Waals surface area (Å²) in [5.41, 5.74) is 0.773. The van der Waals surface area contributed by atoms with Gasteiger partial charge in [0.05, 0.1) is 0 Å². The van der Waals surface area contributed by atoms with Crippen LogP contribution in [0.2, 0.25) is 0 Å². The van der Waals surface area contributed by atoms with Crippen molar-refractivity contribution in [2.24, 2.45) is 23.2 Å². The molecule has 4 bridgehead atoms. The Labute approximate surface area is 118 Å². The van der Waals surface area contributed by atoms with Crippen LogP contribution < -0.4 is 0 Å². The van der Waals surface area contributed by atoms with Gasteiger partial charge in [0.15, 0.2) is 0 Å². The Kier molecular flexibility index (Phi) is 4.01. The molecule has 4 fully saturated rings. The van der Waals surface area contributed by atoms with Gasteiger partial charge in [0.25, 0.3) is 0 Å². The monoisotopic (exact) mass is 262 g/mol. The maximum Gasteiger partial charge on any atom is 0.129 e. The van der Waals surface area contributed by atoms with Gasteiger partial charge in [-0.05, 0) is 81.5 Å². The number of rotatable bonds is 7. The molecule has 0 N–H and O–H groups in total. The van der Waals surface area contributed by atoms with Gasteiger partial charge in [-0.25, -0.2) is 0 Å². The van der Waals surface area contributed by atoms with Crippen molar-refractivity contribution in [2.45, 2.75) is 84.0 Å². The van der Waals surface area contributed by atoms with E-state index in [4.69, 9.17) is 0 Å². The van der Waals surface area contributed by atoms with Crippen molar-refractivity contribution in [3.63, 3.8) is 0 Å². The summed E-state index contributed by atoms with van der Waals surface area (Å²) < 4.78 is 0. The van der Waals surface area contributed by atoms with Crippen molar-refractivity contribution >= 4 is 5.78 Å². The minimum absolute atomic E-state index is 0.362. The maximum absolute atomic E-state index is 10.9. The van der Waals surface area contributed by atoms with Gasteiger partial charge in [0.1, 0.15) is 5.78 Å². The van der Waals surface area contributed by atoms with E-state index in [2.05, 4.69) is 0 Å². The maximum atomic E-state index is 10.9. The third-order valence-electron chi connectivity index (χ3n) is 6.15. The van der Waals surface area contributed by atoms with Crippen molar-refractivity contribution in [1.82, 2.24) is 0 Å². The van der Waals surface area contributed by atoms with E-state index in [0.29, 0.717) is 5.78 Å². The van der Waals surface area contributed by atoms with Gasteiger partial charge < -0.3 is 4.79 Å². The molecular formula is C18H30O. The highest BCUT2D eigenvalue weighted by Gasteiger charge is 2.50. The highest BCUT2D eigenvalue weighted by Crippen LogP contribution is 2.61. The minimum Gasteiger partial charge on any atom is -0.300 e. The number of carbonyl (C=O) groups excluding carboxylic acids is 1. The van der Waals surface area contributed by atoms with Gasteiger partial charge in [-0.3, -0.25) is 0 Å². The number of ketones is 1. The summed E-state index contributed by atoms with van der Waals surface area (Å²) in [6, 6.07) is 0. The smallest absolute Gasteiger partial charge is 0.129 e. The molecule has 1 nitrogen and oxygen atoms in total. The van der Waals surface area contributed by atoms with Crippen LogP contribution in [0.25, 0.3) is 0 Å². The van der Waals surface area contributed by atoms with Crippen LogP contribution in [0.15, 0.2) is 0 Å². The van der Waals surface area contributed by atoms with Gasteiger partial charge in [-0.15, -0.1) is 0 Å². The second-order valence-corrected chi connectivity index (χ2v) is 8.03. The van der Waals surface area contributed by atoms with E-state index >= 15 is 0 Å². The molecule has 0 unspecified atom stereocenters. The molecule has 0 atom stereocenters. The number of hydrogen-bond donors (Lipinski definition) is 0. The average molecular weight is 262 g/mol. The first-order valence-corrected chi connectivity index (χ1v) is 8.65. The fourth-order valence-electron chi connectivity index (χ4n) is 5.82. The van der Waals surface area contributed by atoms with Gasteiger partial charge in [-0.1, -0.05) is 19.3 Å². The lowest BCUT2D eigenvalue weighted by molar-refractivity contribution is -0.117. The summed E-state index contributed by atoms with van der Waals surface area (Å²) in [6.07, 6.45) is 16.9. The van der Waals surface area contributed by atoms with Crippen molar-refractivity contribution in [1.29, 1.82) is 0 Å². The largest absolute Gasteiger partial charge is 0.300 e. The summed E-state index contributed by atoms with van der Waals surface area (Å²) in [7, 11) is 0. The van der Waals surface area contributed by atoms with E-state index in [9.17, 15) is 4.79 Å². The Morgan fingerprint density at radius 1 is 0.895 bits per heavy atom. The predicted octanol–water partition coefficient (Wildman–Crippen LogP) is 5.13. The van der Waals surface area contributed by atoms with Crippen LogP contribution in [0, 0.1) is 23.2 Å². The molecule has 0 radical (unpaired) electrons. The fourth-order valence-corrected chi connectivity index (χ4v) is 5.82. The molecule has 19 heavy (non-hydrogen) atoms. The summed E-state index contributed by atoms with van der Waals surface area (Å²) in [6.45, 7) is 1.72. The SMILES string of the molecule is CC(=O)CCCCCCC12CC3CC(CC(C3)C1)C2. The van der Waals surface area contributed by atoms with Crippen LogP contribution >= 0.6 is 0 Å². The Bertz CT molecular complexity index is 295. The molecule has 4 aliphatic carbocycles. The third kappa shape index (κ3) is 3.23. The Morgan fingerprint density at radius 2 is 1.42 bits per heavy atom. The average Bonchev–Trinajstić information content (AvgIpc) is 2.31. The van der Waals surface area contributed by atoms with E-state index in [1.54, 1.807) is 45.4 Å². The quantitative estimate of drug-likeness (QED) is 0.581. The highest BCUT2D eigenvalue weighted by molar-refractivity contribution is 5.75. The molecule has 0 aliphatic heterocycles. The second-order valence-electron chi connectivity index (χ2n) is 8.03. The van der Waals surface area contributed by atoms with Gasteiger partial charge >= 0.3 is 0 Å². The lowest BCUT2D eigenvalue weighted by Gasteiger charge is -2.57. The van der Waals surface area contributed by atoms with Crippen LogP contribution in [-0.2, 0) is 4.79 Å². The fraction of sp³-hybridized carbons (Fsp3) is 0.944. The standard InChI is InChI=1S/C18H30O/c1-14(19)6-4-2-3-5-7-18-11-15-8-16(12-18)10-17(9-15)13-18/h15-17H,2-13H2,1H3. The first-order valence-electron chi connectivity index (χ1n) is 8.65. The van der Waals surface area contributed by atoms with Crippen molar-refractivity contribution in [2.75, 3.05) is 0 Å². The molecule has 0 aromatic heterocycles. The molecular weight excluding hydrogens is 232 g/mol. The number of unbranched alkanes of at least 4 members (excludes halogenated alkanes) is 3. The Hall–Kier alpha value is -0.330. The van der Waals surface area contributed by atoms with Gasteiger partial charge in [-0.2, -0.15) is 0 Å². The number of Topliss-reactive ketones (excluding diaryl/α,β-unsaturated/α-hetero) is 1. The Morgan fingerprint density at radius 3 is 1.95 bits per heavy atom. The molecule has 0 saturated heterocycles. The number of hydrogen-bond acceptors (Lipinski definition) is 1. The molecule has 0 heterocycles. The third-order valence-corrected chi connectivity index (χ3v) is 6.15. The van der Waals surface area contributed by atoms with Crippen LogP contribution in [0.3, 0.4) is 0 Å². The highest BCUT2D eigenvalue weighted by atomic mass is 16.1. The summed E-state index contributed by atoms with van der Waals surface area (Å²) in [5.74, 6) is 3.66. The molecule has 0 spiro atoms. The van der Waals surface area contributed by atoms with E-state index in [0.717, 1.165) is 36.0 Å². The topological polar surface area (TPSA) is 17.1 Å². The van der Waals surface area contributed by atoms with Crippen molar-refractivity contribution < 1.29 is 4.79 Å². The molecule has 0 aromatic carbocycles. The van der Waals surface area contributed by atoms with Crippen LogP contribution in [0.5, 0.6) is 0 Å². The van der Waals surface area contributed by atoms with E-state index in [1.165, 1.54) is 25.7 Å². The lowest BCUT2D eigenvalue weighted by Crippen LogP contribution is -2.45. The first kappa shape index (κ1) is 13.6. The molecule has 4 aliphatic rings. The van der Waals surface area contributed by atoms with Gasteiger partial charge in [0.2, 0.25) is 0 Å². The first-order chi connectivity index (χ1) is 9.15. The molecule has 1 heteroatoms. The van der Waals surface area contributed by atoms with E-state index in [1.807, 2.05) is 0 Å². The zero-order chi connectivity index (χ0) is 13.3. The summed E-state index contributed by atoms with van der Waals surface area (Å²) in [5, 5.41) is 0. The second kappa shape index (κ2) is 5.58. The van der Waals surface area contributed by atoms with Crippen molar-refractivity contribution in [3.8, 4) is 0 Å². The van der Waals surface area contributed by atoms with Crippen LogP contribution in [0.1, 0.15) is 84.0 Å². The summed E-state index contributed by atoms with van der Waals surface area (Å²) in [4.78, 5) is 10.9. The van der Waals surface area contributed by atoms with E-state index < -0.39 is 0 Å². The lowest BCUT2D eigenvalue weighted by atomic mass is 9.48. The minimum atomic E-state index is 0.362. The molecule has 4 saturated carbocycles. The van der Waals surface area contributed by atoms with Crippen LogP contribution in [0.4, 0.5) is 0 Å². The van der Waals surface area contributed by atoms with Crippen LogP contribution in [-0.4, -0.2) is 5.78 Å². The van der Waals surface area contributed by atoms with Gasteiger partial charge in [0, 0.05) is 6.42 Å². The van der Waals surface area contributed by atoms with Crippen molar-refractivity contribution in [3.05, 3.63) is 0 Å².